The van der Waals surface area contributed by atoms with Gasteiger partial charge in [0, 0.05) is 35.3 Å². The van der Waals surface area contributed by atoms with Gasteiger partial charge in [-0.25, -0.2) is 0 Å². The molecule has 4 heteroatoms. The fraction of sp³-hybridized carbons (Fsp3) is 0.0714. The molecule has 0 aliphatic carbocycles. The summed E-state index contributed by atoms with van der Waals surface area (Å²) in [5, 5.41) is 0. The lowest BCUT2D eigenvalue weighted by atomic mass is 10.2. The molecular formula is C14H10Cl2NO+. The Hall–Kier alpha value is -1.51. The molecule has 0 saturated carbocycles. The minimum atomic E-state index is -1.43. The van der Waals surface area contributed by atoms with Gasteiger partial charge in [-0.1, -0.05) is 30.3 Å². The highest BCUT2D eigenvalue weighted by Crippen LogP contribution is 2.36. The lowest BCUT2D eigenvalue weighted by molar-refractivity contribution is -0.519. The van der Waals surface area contributed by atoms with Crippen LogP contribution in [0.4, 0.5) is 5.69 Å². The smallest absolute Gasteiger partial charge is 0.406 e. The van der Waals surface area contributed by atoms with Crippen molar-refractivity contribution in [3.8, 4) is 5.75 Å². The molecule has 0 bridgehead atoms. The Morgan fingerprint density at radius 3 is 2.33 bits per heavy atom. The van der Waals surface area contributed by atoms with Gasteiger partial charge >= 0.3 is 4.64 Å². The Morgan fingerprint density at radius 1 is 0.889 bits per heavy atom. The van der Waals surface area contributed by atoms with E-state index in [1.807, 2.05) is 60.8 Å². The van der Waals surface area contributed by atoms with Crippen molar-refractivity contribution in [2.24, 2.45) is 0 Å². The van der Waals surface area contributed by atoms with E-state index in [1.54, 1.807) is 4.58 Å². The van der Waals surface area contributed by atoms with Crippen LogP contribution in [0.5, 0.6) is 5.75 Å². The Morgan fingerprint density at radius 2 is 1.56 bits per heavy atom. The summed E-state index contributed by atoms with van der Waals surface area (Å²) in [6.07, 6.45) is 1.88. The molecule has 90 valence electrons. The number of rotatable bonds is 1. The summed E-state index contributed by atoms with van der Waals surface area (Å²) in [5.74, 6) is 0.676. The van der Waals surface area contributed by atoms with E-state index in [-0.39, 0.29) is 0 Å². The number of ether oxygens (including phenoxy) is 1. The number of fused-ring (bicyclic) bond motifs is 1. The molecule has 0 aromatic heterocycles. The predicted octanol–water partition coefficient (Wildman–Crippen LogP) is 3.93. The van der Waals surface area contributed by atoms with Crippen molar-refractivity contribution < 1.29 is 9.31 Å². The normalized spacial score (nSPS) is 16.4. The van der Waals surface area contributed by atoms with E-state index in [0.29, 0.717) is 5.75 Å². The summed E-state index contributed by atoms with van der Waals surface area (Å²) < 4.78 is 5.87. The summed E-state index contributed by atoms with van der Waals surface area (Å²) in [6.45, 7) is 0. The second-order valence-corrected chi connectivity index (χ2v) is 5.18. The Labute approximate surface area is 115 Å². The third-order valence-corrected chi connectivity index (χ3v) is 3.25. The van der Waals surface area contributed by atoms with E-state index in [0.717, 1.165) is 11.3 Å². The number of benzene rings is 2. The van der Waals surface area contributed by atoms with Crippen molar-refractivity contribution in [3.05, 3.63) is 60.2 Å². The predicted molar refractivity (Wildman–Crippen MR) is 73.0 cm³/mol. The molecule has 0 N–H and O–H groups in total. The molecule has 0 atom stereocenters. The highest BCUT2D eigenvalue weighted by atomic mass is 35.5. The largest absolute Gasteiger partial charge is 0.479 e. The van der Waals surface area contributed by atoms with Crippen molar-refractivity contribution in [1.29, 1.82) is 0 Å². The molecule has 2 aromatic carbocycles. The van der Waals surface area contributed by atoms with Gasteiger partial charge in [0.1, 0.15) is 5.75 Å². The van der Waals surface area contributed by atoms with Gasteiger partial charge in [0.2, 0.25) is 5.69 Å². The monoisotopic (exact) mass is 278 g/mol. The molecule has 2 nitrogen and oxygen atoms in total. The summed E-state index contributed by atoms with van der Waals surface area (Å²) >= 11 is 12.5. The molecule has 0 amide bonds. The van der Waals surface area contributed by atoms with Gasteiger partial charge in [-0.15, -0.1) is 4.58 Å². The molecule has 0 unspecified atom stereocenters. The zero-order valence-electron chi connectivity index (χ0n) is 9.38. The third kappa shape index (κ3) is 1.98. The molecule has 2 aromatic rings. The van der Waals surface area contributed by atoms with E-state index in [4.69, 9.17) is 27.9 Å². The molecule has 1 heterocycles. The molecule has 1 aliphatic heterocycles. The number of nitrogens with zero attached hydrogens (tertiary/aromatic N) is 1. The van der Waals surface area contributed by atoms with Gasteiger partial charge < -0.3 is 4.74 Å². The van der Waals surface area contributed by atoms with Crippen LogP contribution in [-0.2, 0) is 0 Å². The van der Waals surface area contributed by atoms with Crippen LogP contribution in [0.3, 0.4) is 0 Å². The standard InChI is InChI=1S/C14H10Cl2NO/c15-14(16)17(12-7-2-1-3-8-12)10-11-6-4-5-9-13(11)18-14/h1-10H/q+1. The number of alkyl halides is 2. The minimum Gasteiger partial charge on any atom is -0.406 e. The van der Waals surface area contributed by atoms with Crippen molar-refractivity contribution in [2.45, 2.75) is 4.64 Å². The maximum absolute atomic E-state index is 6.24. The fourth-order valence-corrected chi connectivity index (χ4v) is 2.35. The number of halogens is 2. The van der Waals surface area contributed by atoms with E-state index >= 15 is 0 Å². The van der Waals surface area contributed by atoms with Crippen LogP contribution in [0.2, 0.25) is 0 Å². The van der Waals surface area contributed by atoms with E-state index < -0.39 is 4.64 Å². The van der Waals surface area contributed by atoms with Crippen molar-refractivity contribution in [1.82, 2.24) is 0 Å². The van der Waals surface area contributed by atoms with E-state index in [1.165, 1.54) is 0 Å². The number of hydrogen-bond acceptors (Lipinski definition) is 1. The molecule has 0 saturated heterocycles. The first-order valence-corrected chi connectivity index (χ1v) is 6.27. The van der Waals surface area contributed by atoms with Crippen molar-refractivity contribution in [3.63, 3.8) is 0 Å². The first kappa shape index (κ1) is 11.6. The SMILES string of the molecule is ClC1(Cl)Oc2ccccc2C=[N+]1c1ccccc1. The zero-order chi connectivity index (χ0) is 12.6. The van der Waals surface area contributed by atoms with Crippen molar-refractivity contribution >= 4 is 35.1 Å². The highest BCUT2D eigenvalue weighted by molar-refractivity contribution is 6.46. The Balaban J connectivity index is 2.16. The Bertz CT molecular complexity index is 608. The lowest BCUT2D eigenvalue weighted by Crippen LogP contribution is -2.38. The summed E-state index contributed by atoms with van der Waals surface area (Å²) in [6, 6.07) is 17.3. The molecule has 0 spiro atoms. The maximum atomic E-state index is 6.24. The van der Waals surface area contributed by atoms with Crippen LogP contribution in [0.15, 0.2) is 54.6 Å². The van der Waals surface area contributed by atoms with Gasteiger partial charge in [0.05, 0.1) is 5.56 Å². The first-order valence-electron chi connectivity index (χ1n) is 5.52. The molecule has 0 fully saturated rings. The van der Waals surface area contributed by atoms with Gasteiger partial charge in [0.15, 0.2) is 6.21 Å². The minimum absolute atomic E-state index is 0.676. The van der Waals surface area contributed by atoms with Gasteiger partial charge in [-0.3, -0.25) is 0 Å². The maximum Gasteiger partial charge on any atom is 0.479 e. The summed E-state index contributed by atoms with van der Waals surface area (Å²) in [4.78, 5) is 0. The third-order valence-electron chi connectivity index (χ3n) is 2.73. The molecular weight excluding hydrogens is 269 g/mol. The average molecular weight is 279 g/mol. The molecule has 0 radical (unpaired) electrons. The van der Waals surface area contributed by atoms with E-state index in [9.17, 15) is 0 Å². The molecule has 3 rings (SSSR count). The quantitative estimate of drug-likeness (QED) is 0.437. The van der Waals surface area contributed by atoms with Crippen LogP contribution < -0.4 is 4.74 Å². The van der Waals surface area contributed by atoms with Crippen LogP contribution in [-0.4, -0.2) is 15.4 Å². The van der Waals surface area contributed by atoms with Crippen LogP contribution in [0, 0.1) is 0 Å². The van der Waals surface area contributed by atoms with E-state index in [2.05, 4.69) is 0 Å². The zero-order valence-corrected chi connectivity index (χ0v) is 10.9. The first-order chi connectivity index (χ1) is 8.67. The molecule has 1 aliphatic rings. The van der Waals surface area contributed by atoms with Gasteiger partial charge in [0.25, 0.3) is 0 Å². The van der Waals surface area contributed by atoms with Gasteiger partial charge in [-0.05, 0) is 12.1 Å². The second-order valence-electron chi connectivity index (χ2n) is 3.96. The molecule has 18 heavy (non-hydrogen) atoms. The van der Waals surface area contributed by atoms with Crippen molar-refractivity contribution in [2.75, 3.05) is 0 Å². The van der Waals surface area contributed by atoms with Crippen LogP contribution in [0.25, 0.3) is 0 Å². The summed E-state index contributed by atoms with van der Waals surface area (Å²) in [7, 11) is 0. The number of para-hydroxylation sites is 2. The highest BCUT2D eigenvalue weighted by Gasteiger charge is 2.44. The van der Waals surface area contributed by atoms with Crippen LogP contribution >= 0.6 is 23.2 Å². The average Bonchev–Trinajstić information content (AvgIpc) is 2.38. The number of hydrogen-bond donors (Lipinski definition) is 0. The topological polar surface area (TPSA) is 12.2 Å². The Kier molecular flexibility index (Phi) is 2.77. The summed E-state index contributed by atoms with van der Waals surface area (Å²) in [5.41, 5.74) is 1.82. The second kappa shape index (κ2) is 4.30. The fourth-order valence-electron chi connectivity index (χ4n) is 1.89. The van der Waals surface area contributed by atoms with Gasteiger partial charge in [-0.2, -0.15) is 0 Å². The van der Waals surface area contributed by atoms with Crippen LogP contribution in [0.1, 0.15) is 5.56 Å². The lowest BCUT2D eigenvalue weighted by Gasteiger charge is -2.23.